The number of rotatable bonds is 7. The molecule has 0 bridgehead atoms. The maximum atomic E-state index is 12.3. The van der Waals surface area contributed by atoms with Gasteiger partial charge in [0.25, 0.3) is 5.69 Å². The molecule has 0 spiro atoms. The maximum absolute atomic E-state index is 12.3. The number of hydrogen-bond donors (Lipinski definition) is 1. The molecule has 1 fully saturated rings. The van der Waals surface area contributed by atoms with E-state index in [4.69, 9.17) is 0 Å². The molecule has 1 amide bonds. The van der Waals surface area contributed by atoms with Crippen LogP contribution in [0.2, 0.25) is 0 Å². The van der Waals surface area contributed by atoms with Crippen LogP contribution >= 0.6 is 27.3 Å². The minimum absolute atomic E-state index is 0.0152. The molecular formula is C18H21BrN4O3S. The van der Waals surface area contributed by atoms with Gasteiger partial charge in [0.05, 0.1) is 17.2 Å². The lowest BCUT2D eigenvalue weighted by atomic mass is 10.2. The van der Waals surface area contributed by atoms with E-state index in [1.165, 1.54) is 17.0 Å². The Kier molecular flexibility index (Phi) is 6.95. The zero-order chi connectivity index (χ0) is 19.2. The third kappa shape index (κ3) is 5.83. The molecule has 0 unspecified atom stereocenters. The number of thiophene rings is 1. The van der Waals surface area contributed by atoms with E-state index < -0.39 is 4.92 Å². The molecule has 2 aromatic rings. The topological polar surface area (TPSA) is 78.7 Å². The lowest BCUT2D eigenvalue weighted by Crippen LogP contribution is -2.49. The van der Waals surface area contributed by atoms with Crippen LogP contribution in [0.1, 0.15) is 4.88 Å². The Morgan fingerprint density at radius 2 is 1.96 bits per heavy atom. The molecule has 0 atom stereocenters. The standard InChI is InChI=1S/C18H21BrN4O3S/c19-16-12-14(23(25)26)3-4-17(16)20-18(24)13-22-9-7-21(8-10-22)6-5-15-2-1-11-27-15/h1-4,11-12H,5-10,13H2,(H,20,24). The first-order valence-electron chi connectivity index (χ1n) is 8.72. The number of non-ortho nitro benzene ring substituents is 1. The molecule has 0 saturated carbocycles. The summed E-state index contributed by atoms with van der Waals surface area (Å²) in [6.07, 6.45) is 1.08. The number of carbonyl (C=O) groups excluding carboxylic acids is 1. The molecule has 1 N–H and O–H groups in total. The van der Waals surface area contributed by atoms with Gasteiger partial charge in [-0.3, -0.25) is 19.8 Å². The molecule has 27 heavy (non-hydrogen) atoms. The van der Waals surface area contributed by atoms with Crippen LogP contribution in [0, 0.1) is 10.1 Å². The van der Waals surface area contributed by atoms with E-state index in [2.05, 4.69) is 48.6 Å². The summed E-state index contributed by atoms with van der Waals surface area (Å²) in [7, 11) is 0. The number of piperazine rings is 1. The predicted molar refractivity (Wildman–Crippen MR) is 110 cm³/mol. The van der Waals surface area contributed by atoms with E-state index in [1.807, 2.05) is 0 Å². The third-order valence-electron chi connectivity index (χ3n) is 4.52. The van der Waals surface area contributed by atoms with Gasteiger partial charge in [-0.25, -0.2) is 0 Å². The zero-order valence-electron chi connectivity index (χ0n) is 14.8. The molecule has 1 aromatic carbocycles. The number of nitro benzene ring substituents is 1. The van der Waals surface area contributed by atoms with E-state index in [0.29, 0.717) is 16.7 Å². The monoisotopic (exact) mass is 452 g/mol. The summed E-state index contributed by atoms with van der Waals surface area (Å²) < 4.78 is 0.503. The fourth-order valence-electron chi connectivity index (χ4n) is 3.01. The van der Waals surface area contributed by atoms with Gasteiger partial charge in [0.1, 0.15) is 0 Å². The molecule has 1 aliphatic rings. The first-order chi connectivity index (χ1) is 13.0. The van der Waals surface area contributed by atoms with Crippen molar-refractivity contribution in [1.82, 2.24) is 9.80 Å². The smallest absolute Gasteiger partial charge is 0.270 e. The second-order valence-electron chi connectivity index (χ2n) is 6.42. The first-order valence-corrected chi connectivity index (χ1v) is 10.4. The molecule has 1 aliphatic heterocycles. The lowest BCUT2D eigenvalue weighted by molar-refractivity contribution is -0.384. The minimum Gasteiger partial charge on any atom is -0.324 e. The molecule has 7 nitrogen and oxygen atoms in total. The second kappa shape index (κ2) is 9.41. The highest BCUT2D eigenvalue weighted by atomic mass is 79.9. The molecule has 3 rings (SSSR count). The molecule has 144 valence electrons. The number of hydrogen-bond acceptors (Lipinski definition) is 6. The summed E-state index contributed by atoms with van der Waals surface area (Å²) >= 11 is 5.07. The Labute approximate surface area is 170 Å². The van der Waals surface area contributed by atoms with Crippen molar-refractivity contribution in [1.29, 1.82) is 0 Å². The lowest BCUT2D eigenvalue weighted by Gasteiger charge is -2.34. The normalized spacial score (nSPS) is 15.6. The van der Waals surface area contributed by atoms with E-state index in [0.717, 1.165) is 39.1 Å². The Morgan fingerprint density at radius 1 is 1.22 bits per heavy atom. The van der Waals surface area contributed by atoms with Gasteiger partial charge in [-0.15, -0.1) is 11.3 Å². The van der Waals surface area contributed by atoms with E-state index in [9.17, 15) is 14.9 Å². The molecule has 9 heteroatoms. The summed E-state index contributed by atoms with van der Waals surface area (Å²) in [5.41, 5.74) is 0.527. The SMILES string of the molecule is O=C(CN1CCN(CCc2cccs2)CC1)Nc1ccc([N+](=O)[O-])cc1Br. The molecule has 0 aliphatic carbocycles. The molecule has 1 saturated heterocycles. The molecular weight excluding hydrogens is 432 g/mol. The Hall–Kier alpha value is -1.81. The number of carbonyl (C=O) groups is 1. The fraction of sp³-hybridized carbons (Fsp3) is 0.389. The van der Waals surface area contributed by atoms with Crippen LogP contribution in [0.25, 0.3) is 0 Å². The van der Waals surface area contributed by atoms with Crippen molar-refractivity contribution in [3.8, 4) is 0 Å². The van der Waals surface area contributed by atoms with Gasteiger partial charge in [-0.1, -0.05) is 6.07 Å². The highest BCUT2D eigenvalue weighted by molar-refractivity contribution is 9.10. The highest BCUT2D eigenvalue weighted by Crippen LogP contribution is 2.27. The molecule has 0 radical (unpaired) electrons. The van der Waals surface area contributed by atoms with E-state index in [-0.39, 0.29) is 11.6 Å². The largest absolute Gasteiger partial charge is 0.324 e. The number of anilines is 1. The van der Waals surface area contributed by atoms with Gasteiger partial charge in [0.15, 0.2) is 0 Å². The summed E-state index contributed by atoms with van der Waals surface area (Å²) in [6, 6.07) is 8.57. The van der Waals surface area contributed by atoms with Crippen LogP contribution in [-0.4, -0.2) is 59.9 Å². The maximum Gasteiger partial charge on any atom is 0.270 e. The summed E-state index contributed by atoms with van der Waals surface area (Å²) in [4.78, 5) is 28.6. The molecule has 1 aromatic heterocycles. The number of halogens is 1. The Morgan fingerprint density at radius 3 is 2.59 bits per heavy atom. The zero-order valence-corrected chi connectivity index (χ0v) is 17.2. The average Bonchev–Trinajstić information content (AvgIpc) is 3.16. The van der Waals surface area contributed by atoms with Gasteiger partial charge in [-0.05, 0) is 39.9 Å². The van der Waals surface area contributed by atoms with E-state index in [1.54, 1.807) is 17.4 Å². The number of benzene rings is 1. The van der Waals surface area contributed by atoms with Crippen molar-refractivity contribution in [2.24, 2.45) is 0 Å². The van der Waals surface area contributed by atoms with Gasteiger partial charge in [0.2, 0.25) is 5.91 Å². The van der Waals surface area contributed by atoms with E-state index >= 15 is 0 Å². The van der Waals surface area contributed by atoms with Crippen molar-refractivity contribution in [3.05, 3.63) is 55.2 Å². The van der Waals surface area contributed by atoms with Crippen LogP contribution in [-0.2, 0) is 11.2 Å². The Balaban J connectivity index is 1.42. The second-order valence-corrected chi connectivity index (χ2v) is 8.30. The van der Waals surface area contributed by atoms with Crippen molar-refractivity contribution >= 4 is 44.5 Å². The summed E-state index contributed by atoms with van der Waals surface area (Å²) in [5.74, 6) is -0.114. The third-order valence-corrected chi connectivity index (χ3v) is 6.12. The van der Waals surface area contributed by atoms with Crippen LogP contribution in [0.4, 0.5) is 11.4 Å². The number of nitro groups is 1. The van der Waals surface area contributed by atoms with Crippen molar-refractivity contribution < 1.29 is 9.72 Å². The first kappa shape index (κ1) is 19.9. The number of nitrogens with one attached hydrogen (secondary N) is 1. The Bertz CT molecular complexity index is 792. The highest BCUT2D eigenvalue weighted by Gasteiger charge is 2.19. The van der Waals surface area contributed by atoms with Crippen molar-refractivity contribution in [2.45, 2.75) is 6.42 Å². The fourth-order valence-corrected chi connectivity index (χ4v) is 4.17. The van der Waals surface area contributed by atoms with Crippen LogP contribution < -0.4 is 5.32 Å². The quantitative estimate of drug-likeness (QED) is 0.515. The van der Waals surface area contributed by atoms with Gasteiger partial charge in [-0.2, -0.15) is 0 Å². The van der Waals surface area contributed by atoms with Crippen molar-refractivity contribution in [2.75, 3.05) is 44.6 Å². The summed E-state index contributed by atoms with van der Waals surface area (Å²) in [5, 5.41) is 15.7. The van der Waals surface area contributed by atoms with Gasteiger partial charge < -0.3 is 10.2 Å². The van der Waals surface area contributed by atoms with Crippen LogP contribution in [0.3, 0.4) is 0 Å². The summed E-state index contributed by atoms with van der Waals surface area (Å²) in [6.45, 7) is 5.01. The van der Waals surface area contributed by atoms with Crippen molar-refractivity contribution in [3.63, 3.8) is 0 Å². The minimum atomic E-state index is -0.464. The predicted octanol–water partition coefficient (Wildman–Crippen LogP) is 3.22. The number of nitrogens with zero attached hydrogens (tertiary/aromatic N) is 3. The molecule has 2 heterocycles. The van der Waals surface area contributed by atoms with Gasteiger partial charge in [0, 0.05) is 54.2 Å². The number of amides is 1. The average molecular weight is 453 g/mol. The van der Waals surface area contributed by atoms with Gasteiger partial charge >= 0.3 is 0 Å². The van der Waals surface area contributed by atoms with Crippen LogP contribution in [0.15, 0.2) is 40.2 Å². The van der Waals surface area contributed by atoms with Crippen LogP contribution in [0.5, 0.6) is 0 Å².